The minimum atomic E-state index is -0.469. The lowest BCUT2D eigenvalue weighted by Crippen LogP contribution is -2.03. The standard InChI is InChI=1S/C12H14FNO/c1-9(2)7-15-8-11-5-3-4-10(6-14)12(11)13/h3-5,9H,7-8H2,1-2H3. The topological polar surface area (TPSA) is 33.0 Å². The normalized spacial score (nSPS) is 10.3. The molecule has 0 amide bonds. The van der Waals surface area contributed by atoms with E-state index in [0.717, 1.165) is 0 Å². The first-order valence-corrected chi connectivity index (χ1v) is 4.90. The highest BCUT2D eigenvalue weighted by atomic mass is 19.1. The van der Waals surface area contributed by atoms with Crippen molar-refractivity contribution in [3.8, 4) is 6.07 Å². The molecule has 0 radical (unpaired) electrons. The highest BCUT2D eigenvalue weighted by molar-refractivity contribution is 5.34. The maximum absolute atomic E-state index is 13.5. The molecule has 80 valence electrons. The van der Waals surface area contributed by atoms with Crippen molar-refractivity contribution in [2.75, 3.05) is 6.61 Å². The van der Waals surface area contributed by atoms with E-state index < -0.39 is 5.82 Å². The van der Waals surface area contributed by atoms with E-state index in [1.807, 2.05) is 13.8 Å². The summed E-state index contributed by atoms with van der Waals surface area (Å²) < 4.78 is 18.8. The number of halogens is 1. The number of rotatable bonds is 4. The minimum Gasteiger partial charge on any atom is -0.376 e. The Bertz CT molecular complexity index is 368. The van der Waals surface area contributed by atoms with Crippen molar-refractivity contribution in [3.05, 3.63) is 35.1 Å². The monoisotopic (exact) mass is 207 g/mol. The van der Waals surface area contributed by atoms with Crippen LogP contribution in [-0.4, -0.2) is 6.61 Å². The summed E-state index contributed by atoms with van der Waals surface area (Å²) in [6.45, 7) is 4.87. The summed E-state index contributed by atoms with van der Waals surface area (Å²) in [7, 11) is 0. The van der Waals surface area contributed by atoms with Gasteiger partial charge in [0, 0.05) is 12.2 Å². The Kier molecular flexibility index (Phi) is 4.26. The molecule has 0 saturated carbocycles. The average molecular weight is 207 g/mol. The van der Waals surface area contributed by atoms with Crippen molar-refractivity contribution >= 4 is 0 Å². The predicted molar refractivity (Wildman–Crippen MR) is 55.6 cm³/mol. The molecule has 0 atom stereocenters. The highest BCUT2D eigenvalue weighted by Crippen LogP contribution is 2.13. The summed E-state index contributed by atoms with van der Waals surface area (Å²) in [6.07, 6.45) is 0. The summed E-state index contributed by atoms with van der Waals surface area (Å²) in [5, 5.41) is 8.63. The number of hydrogen-bond donors (Lipinski definition) is 0. The van der Waals surface area contributed by atoms with Gasteiger partial charge in [0.2, 0.25) is 0 Å². The second-order valence-corrected chi connectivity index (χ2v) is 3.80. The van der Waals surface area contributed by atoms with Crippen molar-refractivity contribution in [1.29, 1.82) is 5.26 Å². The van der Waals surface area contributed by atoms with Gasteiger partial charge in [-0.3, -0.25) is 0 Å². The molecule has 0 spiro atoms. The smallest absolute Gasteiger partial charge is 0.146 e. The van der Waals surface area contributed by atoms with Crippen LogP contribution in [0.4, 0.5) is 4.39 Å². The van der Waals surface area contributed by atoms with Crippen LogP contribution < -0.4 is 0 Å². The zero-order chi connectivity index (χ0) is 11.3. The molecule has 1 rings (SSSR count). The molecule has 15 heavy (non-hydrogen) atoms. The van der Waals surface area contributed by atoms with Gasteiger partial charge in [0.15, 0.2) is 0 Å². The third kappa shape index (κ3) is 3.34. The first-order chi connectivity index (χ1) is 7.15. The molecular formula is C12H14FNO. The Morgan fingerprint density at radius 1 is 1.47 bits per heavy atom. The lowest BCUT2D eigenvalue weighted by molar-refractivity contribution is 0.0950. The van der Waals surface area contributed by atoms with Gasteiger partial charge >= 0.3 is 0 Å². The quantitative estimate of drug-likeness (QED) is 0.760. The van der Waals surface area contributed by atoms with Crippen LogP contribution in [0.15, 0.2) is 18.2 Å². The van der Waals surface area contributed by atoms with Crippen molar-refractivity contribution < 1.29 is 9.13 Å². The lowest BCUT2D eigenvalue weighted by Gasteiger charge is -2.07. The average Bonchev–Trinajstić information content (AvgIpc) is 2.20. The second-order valence-electron chi connectivity index (χ2n) is 3.80. The molecule has 0 aliphatic heterocycles. The van der Waals surface area contributed by atoms with E-state index in [1.165, 1.54) is 6.07 Å². The second kappa shape index (κ2) is 5.47. The van der Waals surface area contributed by atoms with Gasteiger partial charge in [0.05, 0.1) is 12.2 Å². The molecule has 0 fully saturated rings. The predicted octanol–water partition coefficient (Wildman–Crippen LogP) is 2.87. The Morgan fingerprint density at radius 2 is 2.20 bits per heavy atom. The van der Waals surface area contributed by atoms with E-state index in [-0.39, 0.29) is 12.2 Å². The summed E-state index contributed by atoms with van der Waals surface area (Å²) >= 11 is 0. The first-order valence-electron chi connectivity index (χ1n) is 4.90. The van der Waals surface area contributed by atoms with Crippen LogP contribution in [0.5, 0.6) is 0 Å². The van der Waals surface area contributed by atoms with Crippen molar-refractivity contribution in [2.45, 2.75) is 20.5 Å². The van der Waals surface area contributed by atoms with Crippen LogP contribution in [-0.2, 0) is 11.3 Å². The summed E-state index contributed by atoms with van der Waals surface area (Å²) in [6, 6.07) is 6.56. The van der Waals surface area contributed by atoms with Gasteiger partial charge in [-0.15, -0.1) is 0 Å². The molecule has 0 bridgehead atoms. The van der Waals surface area contributed by atoms with Gasteiger partial charge in [-0.1, -0.05) is 26.0 Å². The Labute approximate surface area is 89.3 Å². The number of benzene rings is 1. The molecule has 0 saturated heterocycles. The molecule has 0 aromatic heterocycles. The van der Waals surface area contributed by atoms with Crippen LogP contribution in [0.3, 0.4) is 0 Å². The number of nitriles is 1. The Morgan fingerprint density at radius 3 is 2.80 bits per heavy atom. The molecular weight excluding hydrogens is 193 g/mol. The lowest BCUT2D eigenvalue weighted by atomic mass is 10.1. The number of ether oxygens (including phenoxy) is 1. The summed E-state index contributed by atoms with van der Waals surface area (Å²) in [5.74, 6) is -0.0454. The number of hydrogen-bond acceptors (Lipinski definition) is 2. The van der Waals surface area contributed by atoms with Crippen molar-refractivity contribution in [3.63, 3.8) is 0 Å². The maximum atomic E-state index is 13.5. The SMILES string of the molecule is CC(C)COCc1cccc(C#N)c1F. The van der Waals surface area contributed by atoms with Gasteiger partial charge in [-0.2, -0.15) is 5.26 Å². The van der Waals surface area contributed by atoms with Crippen LogP contribution in [0.1, 0.15) is 25.0 Å². The van der Waals surface area contributed by atoms with Gasteiger partial charge < -0.3 is 4.74 Å². The zero-order valence-electron chi connectivity index (χ0n) is 8.96. The highest BCUT2D eigenvalue weighted by Gasteiger charge is 2.07. The summed E-state index contributed by atoms with van der Waals surface area (Å²) in [5.41, 5.74) is 0.510. The molecule has 1 aromatic carbocycles. The third-order valence-electron chi connectivity index (χ3n) is 1.91. The van der Waals surface area contributed by atoms with E-state index in [4.69, 9.17) is 10.00 Å². The van der Waals surface area contributed by atoms with Crippen molar-refractivity contribution in [2.24, 2.45) is 5.92 Å². The van der Waals surface area contributed by atoms with E-state index in [1.54, 1.807) is 18.2 Å². The van der Waals surface area contributed by atoms with Gasteiger partial charge in [0.25, 0.3) is 0 Å². The molecule has 3 heteroatoms. The Balaban J connectivity index is 2.66. The zero-order valence-corrected chi connectivity index (χ0v) is 8.96. The van der Waals surface area contributed by atoms with Gasteiger partial charge in [-0.25, -0.2) is 4.39 Å². The fourth-order valence-electron chi connectivity index (χ4n) is 1.18. The fourth-order valence-corrected chi connectivity index (χ4v) is 1.18. The van der Waals surface area contributed by atoms with E-state index in [0.29, 0.717) is 18.1 Å². The maximum Gasteiger partial charge on any atom is 0.146 e. The van der Waals surface area contributed by atoms with Gasteiger partial charge in [-0.05, 0) is 12.0 Å². The molecule has 0 aliphatic carbocycles. The summed E-state index contributed by atoms with van der Waals surface area (Å²) in [4.78, 5) is 0. The van der Waals surface area contributed by atoms with Crippen LogP contribution in [0.2, 0.25) is 0 Å². The molecule has 0 N–H and O–H groups in total. The van der Waals surface area contributed by atoms with Crippen LogP contribution in [0, 0.1) is 23.1 Å². The fraction of sp³-hybridized carbons (Fsp3) is 0.417. The number of nitrogens with zero attached hydrogens (tertiary/aromatic N) is 1. The van der Waals surface area contributed by atoms with Crippen LogP contribution in [0.25, 0.3) is 0 Å². The van der Waals surface area contributed by atoms with E-state index in [2.05, 4.69) is 0 Å². The molecule has 0 unspecified atom stereocenters. The van der Waals surface area contributed by atoms with E-state index in [9.17, 15) is 4.39 Å². The van der Waals surface area contributed by atoms with E-state index >= 15 is 0 Å². The van der Waals surface area contributed by atoms with Gasteiger partial charge in [0.1, 0.15) is 11.9 Å². The van der Waals surface area contributed by atoms with Crippen molar-refractivity contribution in [1.82, 2.24) is 0 Å². The Hall–Kier alpha value is -1.40. The minimum absolute atomic E-state index is 0.0700. The molecule has 1 aromatic rings. The van der Waals surface area contributed by atoms with Crippen LogP contribution >= 0.6 is 0 Å². The molecule has 0 heterocycles. The first kappa shape index (κ1) is 11.7. The molecule has 2 nitrogen and oxygen atoms in total. The third-order valence-corrected chi connectivity index (χ3v) is 1.91. The molecule has 0 aliphatic rings. The largest absolute Gasteiger partial charge is 0.376 e.